The number of rotatable bonds is 6. The summed E-state index contributed by atoms with van der Waals surface area (Å²) in [6.07, 6.45) is 3.39. The molecule has 1 N–H and O–H groups in total. The summed E-state index contributed by atoms with van der Waals surface area (Å²) in [5.74, 6) is -0.0736. The minimum absolute atomic E-state index is 0.0342. The molecule has 0 bridgehead atoms. The summed E-state index contributed by atoms with van der Waals surface area (Å²) >= 11 is 11.6. The highest BCUT2D eigenvalue weighted by molar-refractivity contribution is 7.80. The molecule has 0 aliphatic heterocycles. The van der Waals surface area contributed by atoms with Crippen LogP contribution in [0.5, 0.6) is 5.75 Å². The van der Waals surface area contributed by atoms with Crippen LogP contribution < -0.4 is 10.1 Å². The maximum atomic E-state index is 13.0. The molecule has 1 fully saturated rings. The fourth-order valence-electron chi connectivity index (χ4n) is 4.67. The van der Waals surface area contributed by atoms with Crippen LogP contribution in [0, 0.1) is 5.92 Å². The van der Waals surface area contributed by atoms with Gasteiger partial charge in [-0.2, -0.15) is 13.9 Å². The van der Waals surface area contributed by atoms with E-state index in [9.17, 15) is 13.6 Å². The third-order valence-electron chi connectivity index (χ3n) is 6.18. The zero-order valence-electron chi connectivity index (χ0n) is 18.3. The Kier molecular flexibility index (Phi) is 6.29. The summed E-state index contributed by atoms with van der Waals surface area (Å²) < 4.78 is 31.9. The van der Waals surface area contributed by atoms with E-state index in [1.54, 1.807) is 0 Å². The molecule has 172 valence electrons. The molecule has 1 saturated carbocycles. The van der Waals surface area contributed by atoms with Crippen LogP contribution in [0.15, 0.2) is 18.2 Å². The topological polar surface area (TPSA) is 56.2 Å². The van der Waals surface area contributed by atoms with Crippen molar-refractivity contribution in [3.63, 3.8) is 0 Å². The molecule has 9 heteroatoms. The second kappa shape index (κ2) is 8.71. The Bertz CT molecular complexity index is 1060. The lowest BCUT2D eigenvalue weighted by atomic mass is 9.77. The number of carbonyl (C=O) groups excluding carboxylic acids is 1. The normalized spacial score (nSPS) is 19.6. The fourth-order valence-corrected chi connectivity index (χ4v) is 5.52. The Balaban J connectivity index is 1.64. The number of benzene rings is 1. The van der Waals surface area contributed by atoms with E-state index in [2.05, 4.69) is 10.1 Å². The van der Waals surface area contributed by atoms with Crippen LogP contribution in [-0.2, 0) is 17.6 Å². The Hall–Kier alpha value is -2.06. The van der Waals surface area contributed by atoms with E-state index in [1.165, 1.54) is 18.2 Å². The summed E-state index contributed by atoms with van der Waals surface area (Å²) in [6.45, 7) is 3.16. The molecule has 2 aliphatic rings. The van der Waals surface area contributed by atoms with Crippen LogP contribution in [0.3, 0.4) is 0 Å². The second-order valence-electron chi connectivity index (χ2n) is 9.21. The smallest absolute Gasteiger partial charge is 0.387 e. The lowest BCUT2D eigenvalue weighted by Crippen LogP contribution is -2.56. The molecule has 1 aromatic heterocycles. The summed E-state index contributed by atoms with van der Waals surface area (Å²) in [5.41, 5.74) is 2.98. The summed E-state index contributed by atoms with van der Waals surface area (Å²) in [7, 11) is 0. The van der Waals surface area contributed by atoms with Crippen molar-refractivity contribution in [2.24, 2.45) is 5.92 Å². The van der Waals surface area contributed by atoms with Gasteiger partial charge in [0, 0.05) is 53.6 Å². The molecule has 0 radical (unpaired) electrons. The van der Waals surface area contributed by atoms with Gasteiger partial charge in [-0.25, -0.2) is 0 Å². The van der Waals surface area contributed by atoms with Crippen molar-refractivity contribution in [2.75, 3.05) is 0 Å². The highest BCUT2D eigenvalue weighted by Gasteiger charge is 2.40. The Morgan fingerprint density at radius 2 is 2.09 bits per heavy atom. The SMILES string of the molecule is CC(C)n1nc(-c2cc(OC(F)F)ccc2Cl)c2c1CC(C(=O)NC1(C)CC(=S)C1)CC2. The van der Waals surface area contributed by atoms with Crippen molar-refractivity contribution >= 4 is 34.6 Å². The summed E-state index contributed by atoms with van der Waals surface area (Å²) in [5, 5.41) is 8.38. The predicted octanol–water partition coefficient (Wildman–Crippen LogP) is 5.53. The van der Waals surface area contributed by atoms with Crippen LogP contribution in [0.25, 0.3) is 11.3 Å². The molecule has 1 amide bonds. The third-order valence-corrected chi connectivity index (χ3v) is 6.80. The summed E-state index contributed by atoms with van der Waals surface area (Å²) in [4.78, 5) is 14.0. The zero-order valence-corrected chi connectivity index (χ0v) is 19.8. The third kappa shape index (κ3) is 4.53. The molecule has 32 heavy (non-hydrogen) atoms. The molecule has 2 aromatic rings. The van der Waals surface area contributed by atoms with Crippen LogP contribution in [-0.4, -0.2) is 32.7 Å². The zero-order chi connectivity index (χ0) is 23.2. The molecule has 0 spiro atoms. The number of alkyl halides is 2. The van der Waals surface area contributed by atoms with Gasteiger partial charge in [0.15, 0.2) is 0 Å². The summed E-state index contributed by atoms with van der Waals surface area (Å²) in [6, 6.07) is 4.52. The molecule has 2 aliphatic carbocycles. The quantitative estimate of drug-likeness (QED) is 0.551. The van der Waals surface area contributed by atoms with E-state index < -0.39 is 6.61 Å². The number of amides is 1. The average molecular weight is 482 g/mol. The van der Waals surface area contributed by atoms with E-state index in [0.29, 0.717) is 35.5 Å². The van der Waals surface area contributed by atoms with Crippen molar-refractivity contribution in [3.05, 3.63) is 34.5 Å². The average Bonchev–Trinajstić information content (AvgIpc) is 3.07. The minimum Gasteiger partial charge on any atom is -0.435 e. The first-order chi connectivity index (χ1) is 15.1. The lowest BCUT2D eigenvalue weighted by Gasteiger charge is -2.41. The van der Waals surface area contributed by atoms with Crippen LogP contribution >= 0.6 is 23.8 Å². The highest BCUT2D eigenvalue weighted by Crippen LogP contribution is 2.39. The number of carbonyl (C=O) groups is 1. The Labute approximate surface area is 196 Å². The van der Waals surface area contributed by atoms with Crippen molar-refractivity contribution in [3.8, 4) is 17.0 Å². The van der Waals surface area contributed by atoms with Gasteiger partial charge >= 0.3 is 6.61 Å². The molecule has 1 unspecified atom stereocenters. The van der Waals surface area contributed by atoms with Gasteiger partial charge in [-0.05, 0) is 56.7 Å². The van der Waals surface area contributed by atoms with Crippen molar-refractivity contribution in [1.29, 1.82) is 0 Å². The van der Waals surface area contributed by atoms with Gasteiger partial charge < -0.3 is 10.1 Å². The van der Waals surface area contributed by atoms with Gasteiger partial charge in [0.25, 0.3) is 0 Å². The fraction of sp³-hybridized carbons (Fsp3) is 0.522. The predicted molar refractivity (Wildman–Crippen MR) is 124 cm³/mol. The number of nitrogens with zero attached hydrogens (tertiary/aromatic N) is 2. The van der Waals surface area contributed by atoms with E-state index in [1.807, 2.05) is 25.5 Å². The van der Waals surface area contributed by atoms with Crippen molar-refractivity contribution in [1.82, 2.24) is 15.1 Å². The van der Waals surface area contributed by atoms with E-state index >= 15 is 0 Å². The minimum atomic E-state index is -2.92. The van der Waals surface area contributed by atoms with Crippen molar-refractivity contribution < 1.29 is 18.3 Å². The van der Waals surface area contributed by atoms with Crippen LogP contribution in [0.1, 0.15) is 57.3 Å². The highest BCUT2D eigenvalue weighted by atomic mass is 35.5. The molecule has 4 rings (SSSR count). The van der Waals surface area contributed by atoms with Gasteiger partial charge in [0.05, 0.1) is 10.7 Å². The lowest BCUT2D eigenvalue weighted by molar-refractivity contribution is -0.127. The molecule has 0 saturated heterocycles. The maximum Gasteiger partial charge on any atom is 0.387 e. The molecular weight excluding hydrogens is 456 g/mol. The molecular formula is C23H26ClF2N3O2S. The number of hydrogen-bond donors (Lipinski definition) is 1. The second-order valence-corrected chi connectivity index (χ2v) is 10.2. The van der Waals surface area contributed by atoms with Gasteiger partial charge in [-0.3, -0.25) is 9.48 Å². The molecule has 5 nitrogen and oxygen atoms in total. The van der Waals surface area contributed by atoms with Gasteiger partial charge in [0.2, 0.25) is 5.91 Å². The number of hydrogen-bond acceptors (Lipinski definition) is 4. The monoisotopic (exact) mass is 481 g/mol. The first-order valence-electron chi connectivity index (χ1n) is 10.7. The number of halogens is 3. The number of ether oxygens (including phenoxy) is 1. The van der Waals surface area contributed by atoms with E-state index in [0.717, 1.165) is 29.0 Å². The molecule has 1 aromatic carbocycles. The number of fused-ring (bicyclic) bond motifs is 1. The van der Waals surface area contributed by atoms with E-state index in [-0.39, 0.29) is 29.2 Å². The largest absolute Gasteiger partial charge is 0.435 e. The van der Waals surface area contributed by atoms with Crippen LogP contribution in [0.4, 0.5) is 8.78 Å². The first-order valence-corrected chi connectivity index (χ1v) is 11.5. The maximum absolute atomic E-state index is 13.0. The van der Waals surface area contributed by atoms with Gasteiger partial charge in [-0.1, -0.05) is 23.8 Å². The number of nitrogens with one attached hydrogen (secondary N) is 1. The molecule has 1 heterocycles. The number of aromatic nitrogens is 2. The van der Waals surface area contributed by atoms with Crippen molar-refractivity contribution in [2.45, 2.75) is 71.1 Å². The van der Waals surface area contributed by atoms with Gasteiger partial charge in [-0.15, -0.1) is 0 Å². The Morgan fingerprint density at radius 1 is 1.38 bits per heavy atom. The van der Waals surface area contributed by atoms with E-state index in [4.69, 9.17) is 28.9 Å². The Morgan fingerprint density at radius 3 is 2.72 bits per heavy atom. The number of thiocarbonyl (C=S) groups is 1. The standard InChI is InChI=1S/C23H26ClF2N3O2S/c1-12(2)29-19-8-13(21(30)27-23(3)10-15(32)11-23)4-6-16(19)20(28-29)17-9-14(31-22(25)26)5-7-18(17)24/h5,7,9,12-13,22H,4,6,8,10-11H2,1-3H3,(H,27,30). The molecule has 1 atom stereocenters. The first kappa shape index (κ1) is 23.1. The van der Waals surface area contributed by atoms with Gasteiger partial charge in [0.1, 0.15) is 5.75 Å². The van der Waals surface area contributed by atoms with Crippen LogP contribution in [0.2, 0.25) is 5.02 Å².